The van der Waals surface area contributed by atoms with Gasteiger partial charge in [0.05, 0.1) is 24.4 Å². The van der Waals surface area contributed by atoms with E-state index in [2.05, 4.69) is 44.2 Å². The molecule has 1 atom stereocenters. The second-order valence-electron chi connectivity index (χ2n) is 12.1. The molecule has 1 fully saturated rings. The fraction of sp³-hybridized carbons (Fsp3) is 0.406. The molecular weight excluding hydrogens is 566 g/mol. The smallest absolute Gasteiger partial charge is 0.318 e. The lowest BCUT2D eigenvalue weighted by atomic mass is 9.96. The number of benzene rings is 2. The van der Waals surface area contributed by atoms with Gasteiger partial charge in [-0.1, -0.05) is 61.8 Å². The molecule has 2 aliphatic heterocycles. The van der Waals surface area contributed by atoms with Gasteiger partial charge >= 0.3 is 6.01 Å². The first-order valence-corrected chi connectivity index (χ1v) is 14.9. The Bertz CT molecular complexity index is 1690. The van der Waals surface area contributed by atoms with Crippen LogP contribution in [0.4, 0.5) is 11.5 Å². The summed E-state index contributed by atoms with van der Waals surface area (Å²) in [5, 5.41) is 6.92. The number of amides is 1. The molecule has 2 aliphatic rings. The molecule has 1 unspecified atom stereocenters. The number of rotatable bonds is 6. The lowest BCUT2D eigenvalue weighted by Gasteiger charge is -2.34. The molecule has 4 aromatic rings. The molecule has 43 heavy (non-hydrogen) atoms. The first-order chi connectivity index (χ1) is 20.6. The van der Waals surface area contributed by atoms with Crippen molar-refractivity contribution >= 4 is 45.9 Å². The van der Waals surface area contributed by atoms with Gasteiger partial charge in [-0.3, -0.25) is 4.79 Å². The topological polar surface area (TPSA) is 101 Å². The van der Waals surface area contributed by atoms with Crippen LogP contribution in [0.2, 0.25) is 5.02 Å². The van der Waals surface area contributed by atoms with Crippen molar-refractivity contribution in [3.05, 3.63) is 70.5 Å². The molecule has 0 radical (unpaired) electrons. The molecule has 0 spiro atoms. The Balaban J connectivity index is 1.19. The summed E-state index contributed by atoms with van der Waals surface area (Å²) in [7, 11) is 3.63. The lowest BCUT2D eigenvalue weighted by Crippen LogP contribution is -2.39. The number of likely N-dealkylation sites (N-methyl/N-ethyl adjacent to an activating group) is 1. The van der Waals surface area contributed by atoms with E-state index in [1.165, 1.54) is 6.08 Å². The van der Waals surface area contributed by atoms with E-state index in [0.29, 0.717) is 37.4 Å². The van der Waals surface area contributed by atoms with Gasteiger partial charge in [0.1, 0.15) is 5.82 Å². The molecule has 11 heteroatoms. The van der Waals surface area contributed by atoms with Crippen molar-refractivity contribution in [2.75, 3.05) is 43.6 Å². The maximum atomic E-state index is 13.0. The van der Waals surface area contributed by atoms with E-state index in [4.69, 9.17) is 30.8 Å². The highest BCUT2D eigenvalue weighted by Crippen LogP contribution is 2.37. The number of nitrogens with zero attached hydrogens (tertiary/aromatic N) is 7. The van der Waals surface area contributed by atoms with Gasteiger partial charge in [0.2, 0.25) is 5.91 Å². The number of hydrogen-bond acceptors (Lipinski definition) is 9. The summed E-state index contributed by atoms with van der Waals surface area (Å²) < 4.78 is 10.8. The number of halogens is 1. The summed E-state index contributed by atoms with van der Waals surface area (Å²) in [5.41, 5.74) is 2.92. The average Bonchev–Trinajstić information content (AvgIpc) is 3.69. The highest BCUT2D eigenvalue weighted by atomic mass is 35.5. The molecule has 0 saturated carbocycles. The lowest BCUT2D eigenvalue weighted by molar-refractivity contribution is -0.124. The predicted molar refractivity (Wildman–Crippen MR) is 168 cm³/mol. The van der Waals surface area contributed by atoms with Gasteiger partial charge < -0.3 is 24.0 Å². The monoisotopic (exact) mass is 601 g/mol. The SMILES string of the molecule is COc1nc2c(c(N(C)C3CCN(C(=O)/C=C/c4nc(C(C)(C)C)no4)C3)n1)CCN(c1cccc3cccc(Cl)c13)C2. The van der Waals surface area contributed by atoms with Gasteiger partial charge in [0.25, 0.3) is 5.89 Å². The van der Waals surface area contributed by atoms with Gasteiger partial charge in [-0.25, -0.2) is 0 Å². The third kappa shape index (κ3) is 5.76. The molecule has 0 bridgehead atoms. The highest BCUT2D eigenvalue weighted by molar-refractivity contribution is 6.36. The molecule has 224 valence electrons. The number of hydrogen-bond donors (Lipinski definition) is 0. The number of methoxy groups -OCH3 is 1. The zero-order chi connectivity index (χ0) is 30.3. The van der Waals surface area contributed by atoms with E-state index in [1.807, 2.05) is 44.9 Å². The number of likely N-dealkylation sites (tertiary alicyclic amines) is 1. The Morgan fingerprint density at radius 2 is 1.93 bits per heavy atom. The Morgan fingerprint density at radius 3 is 2.67 bits per heavy atom. The van der Waals surface area contributed by atoms with E-state index in [0.717, 1.165) is 57.9 Å². The fourth-order valence-corrected chi connectivity index (χ4v) is 6.08. The van der Waals surface area contributed by atoms with Crippen LogP contribution < -0.4 is 14.5 Å². The van der Waals surface area contributed by atoms with E-state index in [1.54, 1.807) is 13.2 Å². The summed E-state index contributed by atoms with van der Waals surface area (Å²) in [4.78, 5) is 33.3. The van der Waals surface area contributed by atoms with Gasteiger partial charge in [0.15, 0.2) is 5.82 Å². The quantitative estimate of drug-likeness (QED) is 0.273. The zero-order valence-electron chi connectivity index (χ0n) is 25.2. The largest absolute Gasteiger partial charge is 0.467 e. The van der Waals surface area contributed by atoms with E-state index >= 15 is 0 Å². The van der Waals surface area contributed by atoms with Gasteiger partial charge in [-0.2, -0.15) is 15.0 Å². The number of ether oxygens (including phenoxy) is 1. The van der Waals surface area contributed by atoms with Crippen molar-refractivity contribution in [2.45, 2.75) is 51.6 Å². The third-order valence-electron chi connectivity index (χ3n) is 8.22. The first-order valence-electron chi connectivity index (χ1n) is 14.5. The van der Waals surface area contributed by atoms with Crippen LogP contribution in [0, 0.1) is 0 Å². The molecule has 2 aromatic carbocycles. The Hall–Kier alpha value is -4.18. The molecule has 6 rings (SSSR count). The Kier molecular flexibility index (Phi) is 7.72. The fourth-order valence-electron chi connectivity index (χ4n) is 5.80. The van der Waals surface area contributed by atoms with Crippen LogP contribution in [0.15, 0.2) is 47.0 Å². The van der Waals surface area contributed by atoms with E-state index < -0.39 is 0 Å². The summed E-state index contributed by atoms with van der Waals surface area (Å²) in [6, 6.07) is 12.7. The van der Waals surface area contributed by atoms with Gasteiger partial charge in [-0.05, 0) is 30.4 Å². The second-order valence-corrected chi connectivity index (χ2v) is 12.5. The molecule has 1 saturated heterocycles. The minimum atomic E-state index is -0.225. The van der Waals surface area contributed by atoms with Crippen LogP contribution in [0.3, 0.4) is 0 Å². The second kappa shape index (κ2) is 11.5. The van der Waals surface area contributed by atoms with E-state index in [9.17, 15) is 4.79 Å². The number of anilines is 2. The van der Waals surface area contributed by atoms with Crippen LogP contribution in [0.5, 0.6) is 6.01 Å². The Morgan fingerprint density at radius 1 is 1.14 bits per heavy atom. The molecule has 4 heterocycles. The molecule has 10 nitrogen and oxygen atoms in total. The summed E-state index contributed by atoms with van der Waals surface area (Å²) in [5.74, 6) is 1.70. The van der Waals surface area contributed by atoms with Gasteiger partial charge in [0, 0.05) is 66.9 Å². The minimum Gasteiger partial charge on any atom is -0.467 e. The molecule has 0 N–H and O–H groups in total. The van der Waals surface area contributed by atoms with Crippen LogP contribution in [-0.2, 0) is 23.2 Å². The van der Waals surface area contributed by atoms with Crippen molar-refractivity contribution in [1.29, 1.82) is 0 Å². The van der Waals surface area contributed by atoms with E-state index in [-0.39, 0.29) is 17.4 Å². The maximum absolute atomic E-state index is 13.0. The highest BCUT2D eigenvalue weighted by Gasteiger charge is 2.32. The van der Waals surface area contributed by atoms with Crippen molar-refractivity contribution in [3.63, 3.8) is 0 Å². The minimum absolute atomic E-state index is 0.0851. The van der Waals surface area contributed by atoms with Gasteiger partial charge in [-0.15, -0.1) is 0 Å². The third-order valence-corrected chi connectivity index (χ3v) is 8.53. The van der Waals surface area contributed by atoms with Crippen molar-refractivity contribution in [1.82, 2.24) is 25.0 Å². The molecule has 1 amide bonds. The van der Waals surface area contributed by atoms with Crippen LogP contribution in [0.1, 0.15) is 50.2 Å². The number of carbonyl (C=O) groups is 1. The van der Waals surface area contributed by atoms with Crippen LogP contribution in [0.25, 0.3) is 16.8 Å². The summed E-state index contributed by atoms with van der Waals surface area (Å²) in [6.45, 7) is 8.69. The van der Waals surface area contributed by atoms with Crippen molar-refractivity contribution in [3.8, 4) is 6.01 Å². The molecule has 0 aliphatic carbocycles. The predicted octanol–water partition coefficient (Wildman–Crippen LogP) is 5.29. The van der Waals surface area contributed by atoms with Crippen LogP contribution >= 0.6 is 11.6 Å². The number of fused-ring (bicyclic) bond motifs is 2. The Labute approximate surface area is 256 Å². The van der Waals surface area contributed by atoms with Crippen LogP contribution in [-0.4, -0.2) is 70.7 Å². The number of aromatic nitrogens is 4. The molecular formula is C32H36ClN7O3. The normalized spacial score (nSPS) is 17.1. The molecule has 2 aromatic heterocycles. The van der Waals surface area contributed by atoms with Crippen molar-refractivity contribution < 1.29 is 14.1 Å². The van der Waals surface area contributed by atoms with Crippen molar-refractivity contribution in [2.24, 2.45) is 0 Å². The average molecular weight is 602 g/mol. The maximum Gasteiger partial charge on any atom is 0.318 e. The summed E-state index contributed by atoms with van der Waals surface area (Å²) in [6.07, 6.45) is 4.69. The standard InChI is InChI=1S/C32H36ClN7O3/c1-32(2,3)30-35-26(43-37-30)12-13-27(41)40-16-14-21(18-40)38(4)29-22-15-17-39(19-24(22)34-31(36-29)42-5)25-11-7-9-20-8-6-10-23(33)28(20)25/h6-13,21H,14-19H2,1-5H3/b13-12+. The first kappa shape index (κ1) is 28.9. The zero-order valence-corrected chi connectivity index (χ0v) is 25.9. The number of carbonyl (C=O) groups excluding carboxylic acids is 1. The summed E-state index contributed by atoms with van der Waals surface area (Å²) >= 11 is 6.65.